The van der Waals surface area contributed by atoms with Gasteiger partial charge in [-0.1, -0.05) is 0 Å². The molecule has 0 saturated heterocycles. The molecule has 0 saturated carbocycles. The summed E-state index contributed by atoms with van der Waals surface area (Å²) in [6, 6.07) is 1.79. The minimum Gasteiger partial charge on any atom is -0.465 e. The average molecular weight is 303 g/mol. The van der Waals surface area contributed by atoms with Crippen molar-refractivity contribution >= 4 is 23.4 Å². The maximum absolute atomic E-state index is 11.6. The molecule has 1 amide bonds. The zero-order chi connectivity index (χ0) is 17.8. The van der Waals surface area contributed by atoms with Crippen LogP contribution in [0.1, 0.15) is 52.3 Å². The molecule has 0 spiro atoms. The van der Waals surface area contributed by atoms with E-state index in [1.165, 1.54) is 19.2 Å². The van der Waals surface area contributed by atoms with E-state index < -0.39 is 30.6 Å². The first-order valence-corrected chi connectivity index (χ1v) is 6.68. The number of carbonyl (C=O) groups excluding carboxylic acids is 2. The summed E-state index contributed by atoms with van der Waals surface area (Å²) < 4.78 is 32.4. The molecule has 0 fully saturated rings. The zero-order valence-corrected chi connectivity index (χ0v) is 12.6. The highest BCUT2D eigenvalue weighted by Crippen LogP contribution is 2.23. The molecule has 7 heteroatoms. The van der Waals surface area contributed by atoms with Gasteiger partial charge in [-0.25, -0.2) is 15.0 Å². The van der Waals surface area contributed by atoms with E-state index in [9.17, 15) is 9.59 Å². The van der Waals surface area contributed by atoms with Gasteiger partial charge in [0.2, 0.25) is 0 Å². The molecule has 1 aromatic rings. The van der Waals surface area contributed by atoms with Gasteiger partial charge in [-0.15, -0.1) is 11.3 Å². The van der Waals surface area contributed by atoms with Crippen molar-refractivity contribution in [2.45, 2.75) is 39.3 Å². The normalized spacial score (nSPS) is 15.5. The fourth-order valence-electron chi connectivity index (χ4n) is 1.22. The molecular weight excluding hydrogens is 280 g/mol. The van der Waals surface area contributed by atoms with Crippen LogP contribution in [0.5, 0.6) is 0 Å². The number of nitrogens with one attached hydrogen (secondary N) is 2. The summed E-state index contributed by atoms with van der Waals surface area (Å²) in [6.07, 6.45) is -0.795. The smallest absolute Gasteiger partial charge is 0.422 e. The van der Waals surface area contributed by atoms with Crippen LogP contribution in [0.3, 0.4) is 0 Å². The summed E-state index contributed by atoms with van der Waals surface area (Å²) in [4.78, 5) is 23.7. The van der Waals surface area contributed by atoms with Gasteiger partial charge in [0.25, 0.3) is 0 Å². The van der Waals surface area contributed by atoms with E-state index in [2.05, 4.69) is 15.6 Å². The van der Waals surface area contributed by atoms with Crippen molar-refractivity contribution in [3.63, 3.8) is 0 Å². The highest BCUT2D eigenvalue weighted by molar-refractivity contribution is 7.14. The van der Waals surface area contributed by atoms with Crippen LogP contribution in [0.25, 0.3) is 0 Å². The molecule has 1 unspecified atom stereocenters. The van der Waals surface area contributed by atoms with Crippen molar-refractivity contribution < 1.29 is 23.2 Å². The van der Waals surface area contributed by atoms with Crippen molar-refractivity contribution in [3.05, 3.63) is 21.9 Å². The van der Waals surface area contributed by atoms with E-state index >= 15 is 0 Å². The number of esters is 1. The number of thiophene rings is 1. The molecule has 1 atom stereocenters. The predicted octanol–water partition coefficient (Wildman–Crippen LogP) is 2.63. The molecule has 0 aliphatic heterocycles. The second-order valence-electron chi connectivity index (χ2n) is 4.90. The van der Waals surface area contributed by atoms with E-state index in [-0.39, 0.29) is 4.88 Å². The molecule has 1 rings (SSSR count). The number of hydrogen-bond donors (Lipinski definition) is 2. The molecule has 0 bridgehead atoms. The standard InChI is InChI=1S/C13H20N2O4S/c1-8(14-15-12(17)19-13(2,3)4)9-6-7-10(20-9)11(16)18-5/h6-8,14H,1-5H3,(H,15,17)/i1D3. The van der Waals surface area contributed by atoms with Crippen molar-refractivity contribution in [3.8, 4) is 0 Å². The Morgan fingerprint density at radius 2 is 2.10 bits per heavy atom. The number of methoxy groups -OCH3 is 1. The number of hydrogen-bond acceptors (Lipinski definition) is 6. The van der Waals surface area contributed by atoms with Gasteiger partial charge in [0.1, 0.15) is 10.5 Å². The van der Waals surface area contributed by atoms with Gasteiger partial charge in [-0.3, -0.25) is 5.43 Å². The molecule has 20 heavy (non-hydrogen) atoms. The maximum atomic E-state index is 11.6. The topological polar surface area (TPSA) is 76.7 Å². The molecule has 1 heterocycles. The van der Waals surface area contributed by atoms with Gasteiger partial charge >= 0.3 is 12.1 Å². The Hall–Kier alpha value is -1.60. The Balaban J connectivity index is 2.84. The fourth-order valence-corrected chi connectivity index (χ4v) is 2.09. The third-order valence-corrected chi connectivity index (χ3v) is 3.15. The summed E-state index contributed by atoms with van der Waals surface area (Å²) in [5.74, 6) is -0.550. The third kappa shape index (κ3) is 5.18. The number of carbonyl (C=O) groups is 2. The van der Waals surface area contributed by atoms with Crippen LogP contribution in [0.2, 0.25) is 0 Å². The van der Waals surface area contributed by atoms with E-state index in [0.29, 0.717) is 4.88 Å². The van der Waals surface area contributed by atoms with Gasteiger partial charge in [0.15, 0.2) is 0 Å². The van der Waals surface area contributed by atoms with Gasteiger partial charge in [-0.2, -0.15) is 0 Å². The molecule has 0 aromatic carbocycles. The summed E-state index contributed by atoms with van der Waals surface area (Å²) >= 11 is 0.976. The van der Waals surface area contributed by atoms with Crippen LogP contribution >= 0.6 is 11.3 Å². The van der Waals surface area contributed by atoms with Crippen molar-refractivity contribution in [1.82, 2.24) is 10.9 Å². The van der Waals surface area contributed by atoms with E-state index in [4.69, 9.17) is 8.85 Å². The van der Waals surface area contributed by atoms with E-state index in [1.54, 1.807) is 20.8 Å². The van der Waals surface area contributed by atoms with Crippen LogP contribution in [-0.4, -0.2) is 24.8 Å². The second kappa shape index (κ2) is 6.71. The van der Waals surface area contributed by atoms with Gasteiger partial charge < -0.3 is 9.47 Å². The Morgan fingerprint density at radius 3 is 2.65 bits per heavy atom. The van der Waals surface area contributed by atoms with Crippen molar-refractivity contribution in [2.24, 2.45) is 0 Å². The summed E-state index contributed by atoms with van der Waals surface area (Å²) in [6.45, 7) is 2.63. The molecular formula is C13H20N2O4S. The third-order valence-electron chi connectivity index (χ3n) is 2.02. The molecule has 1 aromatic heterocycles. The highest BCUT2D eigenvalue weighted by Gasteiger charge is 2.17. The van der Waals surface area contributed by atoms with Crippen LogP contribution in [0, 0.1) is 0 Å². The first-order chi connectivity index (χ1) is 10.4. The zero-order valence-electron chi connectivity index (χ0n) is 14.8. The molecule has 0 aliphatic carbocycles. The number of hydrazine groups is 1. The Kier molecular flexibility index (Phi) is 4.08. The number of ether oxygens (including phenoxy) is 2. The first-order valence-electron chi connectivity index (χ1n) is 7.36. The van der Waals surface area contributed by atoms with Crippen LogP contribution < -0.4 is 10.9 Å². The predicted molar refractivity (Wildman–Crippen MR) is 76.6 cm³/mol. The first kappa shape index (κ1) is 12.2. The van der Waals surface area contributed by atoms with Crippen LogP contribution in [-0.2, 0) is 9.47 Å². The molecule has 0 aliphatic rings. The van der Waals surface area contributed by atoms with Gasteiger partial charge in [0.05, 0.1) is 13.2 Å². The quantitative estimate of drug-likeness (QED) is 0.660. The van der Waals surface area contributed by atoms with Crippen LogP contribution in [0.15, 0.2) is 12.1 Å². The molecule has 0 radical (unpaired) electrons. The Labute approximate surface area is 126 Å². The lowest BCUT2D eigenvalue weighted by molar-refractivity contribution is 0.0489. The maximum Gasteiger partial charge on any atom is 0.422 e. The van der Waals surface area contributed by atoms with Crippen molar-refractivity contribution in [1.29, 1.82) is 0 Å². The minimum atomic E-state index is -2.44. The largest absolute Gasteiger partial charge is 0.465 e. The van der Waals surface area contributed by atoms with Crippen LogP contribution in [0.4, 0.5) is 4.79 Å². The Morgan fingerprint density at radius 1 is 1.40 bits per heavy atom. The lowest BCUT2D eigenvalue weighted by Gasteiger charge is -2.21. The SMILES string of the molecule is [2H]C([2H])([2H])C(NNC(=O)OC(C)(C)C)c1ccc(C(=O)OC)s1. The Bertz CT molecular complexity index is 566. The van der Waals surface area contributed by atoms with Crippen molar-refractivity contribution in [2.75, 3.05) is 7.11 Å². The molecule has 2 N–H and O–H groups in total. The highest BCUT2D eigenvalue weighted by atomic mass is 32.1. The summed E-state index contributed by atoms with van der Waals surface area (Å²) in [7, 11) is 1.24. The summed E-state index contributed by atoms with van der Waals surface area (Å²) in [5.41, 5.74) is 3.95. The van der Waals surface area contributed by atoms with E-state index in [1.807, 2.05) is 0 Å². The average Bonchev–Trinajstić information content (AvgIpc) is 2.83. The second-order valence-corrected chi connectivity index (χ2v) is 6.01. The monoisotopic (exact) mass is 303 g/mol. The van der Waals surface area contributed by atoms with E-state index in [0.717, 1.165) is 11.3 Å². The number of rotatable bonds is 4. The lowest BCUT2D eigenvalue weighted by atomic mass is 10.2. The van der Waals surface area contributed by atoms with Gasteiger partial charge in [0, 0.05) is 8.99 Å². The van der Waals surface area contributed by atoms with Gasteiger partial charge in [-0.05, 0) is 39.8 Å². The molecule has 6 nitrogen and oxygen atoms in total. The summed E-state index contributed by atoms with van der Waals surface area (Å²) in [5, 5.41) is 0. The lowest BCUT2D eigenvalue weighted by Crippen LogP contribution is -2.42. The number of amides is 1. The fraction of sp³-hybridized carbons (Fsp3) is 0.538. The molecule has 112 valence electrons. The minimum absolute atomic E-state index is 0.274.